The SMILES string of the molecule is O=C(C1CCCN(Cc2ccccc2)C1)N1CC(c2cc(CO)on2)C1. The fourth-order valence-corrected chi connectivity index (χ4v) is 3.94. The maximum Gasteiger partial charge on any atom is 0.227 e. The van der Waals surface area contributed by atoms with E-state index in [1.54, 1.807) is 6.07 Å². The highest BCUT2D eigenvalue weighted by Crippen LogP contribution is 2.30. The minimum Gasteiger partial charge on any atom is -0.388 e. The van der Waals surface area contributed by atoms with Gasteiger partial charge in [-0.3, -0.25) is 9.69 Å². The fraction of sp³-hybridized carbons (Fsp3) is 0.500. The van der Waals surface area contributed by atoms with Gasteiger partial charge in [0.25, 0.3) is 0 Å². The van der Waals surface area contributed by atoms with Crippen LogP contribution in [0.5, 0.6) is 0 Å². The number of aliphatic hydroxyl groups excluding tert-OH is 1. The summed E-state index contributed by atoms with van der Waals surface area (Å²) in [5, 5.41) is 13.1. The molecule has 1 amide bonds. The van der Waals surface area contributed by atoms with Gasteiger partial charge in [-0.1, -0.05) is 35.5 Å². The number of aromatic nitrogens is 1. The first-order chi connectivity index (χ1) is 12.7. The molecule has 0 saturated carbocycles. The molecule has 2 aromatic rings. The quantitative estimate of drug-likeness (QED) is 0.888. The molecule has 3 heterocycles. The van der Waals surface area contributed by atoms with Crippen LogP contribution in [0.25, 0.3) is 0 Å². The van der Waals surface area contributed by atoms with Gasteiger partial charge in [0, 0.05) is 38.2 Å². The second-order valence-corrected chi connectivity index (χ2v) is 7.38. The number of amides is 1. The van der Waals surface area contributed by atoms with Crippen molar-refractivity contribution in [3.8, 4) is 0 Å². The van der Waals surface area contributed by atoms with Crippen molar-refractivity contribution in [2.75, 3.05) is 26.2 Å². The summed E-state index contributed by atoms with van der Waals surface area (Å²) in [7, 11) is 0. The molecule has 1 aromatic carbocycles. The number of carbonyl (C=O) groups excluding carboxylic acids is 1. The number of rotatable bonds is 5. The van der Waals surface area contributed by atoms with Crippen molar-refractivity contribution in [1.29, 1.82) is 0 Å². The molecule has 2 fully saturated rings. The zero-order valence-electron chi connectivity index (χ0n) is 14.9. The second kappa shape index (κ2) is 7.60. The van der Waals surface area contributed by atoms with Gasteiger partial charge in [0.15, 0.2) is 5.76 Å². The first kappa shape index (κ1) is 17.2. The summed E-state index contributed by atoms with van der Waals surface area (Å²) in [6.45, 7) is 4.08. The Hall–Kier alpha value is -2.18. The first-order valence-electron chi connectivity index (χ1n) is 9.34. The van der Waals surface area contributed by atoms with Gasteiger partial charge in [0.05, 0.1) is 11.6 Å². The topological polar surface area (TPSA) is 69.8 Å². The Balaban J connectivity index is 1.29. The van der Waals surface area contributed by atoms with E-state index in [1.807, 2.05) is 11.0 Å². The summed E-state index contributed by atoms with van der Waals surface area (Å²) in [5.74, 6) is 1.07. The van der Waals surface area contributed by atoms with Crippen molar-refractivity contribution < 1.29 is 14.4 Å². The van der Waals surface area contributed by atoms with E-state index in [0.717, 1.165) is 38.2 Å². The van der Waals surface area contributed by atoms with E-state index in [1.165, 1.54) is 5.56 Å². The molecule has 1 atom stereocenters. The van der Waals surface area contributed by atoms with Crippen molar-refractivity contribution in [3.05, 3.63) is 53.4 Å². The lowest BCUT2D eigenvalue weighted by Crippen LogP contribution is -2.53. The summed E-state index contributed by atoms with van der Waals surface area (Å²) >= 11 is 0. The van der Waals surface area contributed by atoms with E-state index in [4.69, 9.17) is 9.63 Å². The lowest BCUT2D eigenvalue weighted by Gasteiger charge is -2.42. The third-order valence-electron chi connectivity index (χ3n) is 5.45. The lowest BCUT2D eigenvalue weighted by molar-refractivity contribution is -0.142. The smallest absolute Gasteiger partial charge is 0.227 e. The van der Waals surface area contributed by atoms with Gasteiger partial charge in [-0.25, -0.2) is 0 Å². The molecule has 138 valence electrons. The van der Waals surface area contributed by atoms with E-state index < -0.39 is 0 Å². The van der Waals surface area contributed by atoms with Crippen LogP contribution in [0, 0.1) is 5.92 Å². The Morgan fingerprint density at radius 2 is 2.04 bits per heavy atom. The molecule has 2 aliphatic rings. The molecule has 2 aliphatic heterocycles. The molecule has 1 aromatic heterocycles. The molecule has 0 radical (unpaired) electrons. The van der Waals surface area contributed by atoms with Gasteiger partial charge in [-0.05, 0) is 24.9 Å². The highest BCUT2D eigenvalue weighted by Gasteiger charge is 2.38. The maximum absolute atomic E-state index is 12.8. The third kappa shape index (κ3) is 3.66. The zero-order chi connectivity index (χ0) is 17.9. The van der Waals surface area contributed by atoms with Crippen molar-refractivity contribution in [2.24, 2.45) is 5.92 Å². The van der Waals surface area contributed by atoms with Crippen LogP contribution in [-0.2, 0) is 17.9 Å². The number of piperidine rings is 1. The number of hydrogen-bond acceptors (Lipinski definition) is 5. The molecule has 6 nitrogen and oxygen atoms in total. The van der Waals surface area contributed by atoms with Crippen LogP contribution in [0.3, 0.4) is 0 Å². The molecular formula is C20H25N3O3. The van der Waals surface area contributed by atoms with E-state index in [0.29, 0.717) is 18.8 Å². The molecule has 4 rings (SSSR count). The van der Waals surface area contributed by atoms with Gasteiger partial charge < -0.3 is 14.5 Å². The zero-order valence-corrected chi connectivity index (χ0v) is 14.9. The molecule has 1 unspecified atom stereocenters. The number of carbonyl (C=O) groups is 1. The lowest BCUT2D eigenvalue weighted by atomic mass is 9.90. The number of hydrogen-bond donors (Lipinski definition) is 1. The van der Waals surface area contributed by atoms with Crippen LogP contribution in [-0.4, -0.2) is 52.1 Å². The Morgan fingerprint density at radius 3 is 2.77 bits per heavy atom. The standard InChI is InChI=1S/C20H25N3O3/c24-14-18-9-19(21-26-18)17-12-23(13-17)20(25)16-7-4-8-22(11-16)10-15-5-2-1-3-6-15/h1-3,5-6,9,16-17,24H,4,7-8,10-14H2. The second-order valence-electron chi connectivity index (χ2n) is 7.38. The van der Waals surface area contributed by atoms with Crippen molar-refractivity contribution >= 4 is 5.91 Å². The van der Waals surface area contributed by atoms with Crippen LogP contribution in [0.2, 0.25) is 0 Å². The van der Waals surface area contributed by atoms with E-state index in [-0.39, 0.29) is 24.3 Å². The third-order valence-corrected chi connectivity index (χ3v) is 5.45. The Bertz CT molecular complexity index is 740. The molecule has 1 N–H and O–H groups in total. The molecule has 2 saturated heterocycles. The van der Waals surface area contributed by atoms with E-state index >= 15 is 0 Å². The predicted octanol–water partition coefficient (Wildman–Crippen LogP) is 2.00. The maximum atomic E-state index is 12.8. The van der Waals surface area contributed by atoms with Gasteiger partial charge in [-0.2, -0.15) is 0 Å². The van der Waals surface area contributed by atoms with Gasteiger partial charge in [-0.15, -0.1) is 0 Å². The predicted molar refractivity (Wildman–Crippen MR) is 96.2 cm³/mol. The van der Waals surface area contributed by atoms with Crippen molar-refractivity contribution in [1.82, 2.24) is 15.0 Å². The Labute approximate surface area is 153 Å². The highest BCUT2D eigenvalue weighted by atomic mass is 16.5. The van der Waals surface area contributed by atoms with Gasteiger partial charge in [0.2, 0.25) is 5.91 Å². The Kier molecular flexibility index (Phi) is 5.04. The molecule has 0 bridgehead atoms. The summed E-state index contributed by atoms with van der Waals surface area (Å²) in [4.78, 5) is 17.2. The monoisotopic (exact) mass is 355 g/mol. The minimum absolute atomic E-state index is 0.0960. The average molecular weight is 355 g/mol. The summed E-state index contributed by atoms with van der Waals surface area (Å²) in [6, 6.07) is 12.2. The molecule has 26 heavy (non-hydrogen) atoms. The minimum atomic E-state index is -0.137. The van der Waals surface area contributed by atoms with Gasteiger partial charge in [0.1, 0.15) is 6.61 Å². The first-order valence-corrected chi connectivity index (χ1v) is 9.34. The molecule has 6 heteroatoms. The summed E-state index contributed by atoms with van der Waals surface area (Å²) in [6.07, 6.45) is 2.05. The van der Waals surface area contributed by atoms with Crippen molar-refractivity contribution in [3.63, 3.8) is 0 Å². The number of aliphatic hydroxyl groups is 1. The van der Waals surface area contributed by atoms with Gasteiger partial charge >= 0.3 is 0 Å². The van der Waals surface area contributed by atoms with Crippen molar-refractivity contribution in [2.45, 2.75) is 31.9 Å². The van der Waals surface area contributed by atoms with Crippen LogP contribution in [0.15, 0.2) is 40.9 Å². The number of likely N-dealkylation sites (tertiary alicyclic amines) is 2. The fourth-order valence-electron chi connectivity index (χ4n) is 3.94. The largest absolute Gasteiger partial charge is 0.388 e. The molecule has 0 aliphatic carbocycles. The summed E-state index contributed by atoms with van der Waals surface area (Å²) in [5.41, 5.74) is 2.14. The average Bonchev–Trinajstić information content (AvgIpc) is 3.10. The number of benzene rings is 1. The van der Waals surface area contributed by atoms with E-state index in [9.17, 15) is 4.79 Å². The molecule has 0 spiro atoms. The highest BCUT2D eigenvalue weighted by molar-refractivity contribution is 5.80. The number of nitrogens with zero attached hydrogens (tertiary/aromatic N) is 3. The summed E-state index contributed by atoms with van der Waals surface area (Å²) < 4.78 is 5.04. The van der Waals surface area contributed by atoms with Crippen LogP contribution in [0.4, 0.5) is 0 Å². The Morgan fingerprint density at radius 1 is 1.23 bits per heavy atom. The van der Waals surface area contributed by atoms with Crippen LogP contribution < -0.4 is 0 Å². The van der Waals surface area contributed by atoms with Crippen LogP contribution >= 0.6 is 0 Å². The van der Waals surface area contributed by atoms with Crippen LogP contribution in [0.1, 0.15) is 35.8 Å². The molecular weight excluding hydrogens is 330 g/mol. The normalized spacial score (nSPS) is 21.6. The van der Waals surface area contributed by atoms with E-state index in [2.05, 4.69) is 34.3 Å².